The predicted molar refractivity (Wildman–Crippen MR) is 93.9 cm³/mol. The molecule has 1 aliphatic heterocycles. The van der Waals surface area contributed by atoms with Crippen molar-refractivity contribution in [2.45, 2.75) is 23.8 Å². The highest BCUT2D eigenvalue weighted by atomic mass is 32.2. The number of para-hydroxylation sites is 1. The second-order valence-electron chi connectivity index (χ2n) is 5.80. The van der Waals surface area contributed by atoms with Crippen LogP contribution in [0.25, 0.3) is 10.2 Å². The molecular weight excluding hydrogens is 366 g/mol. The van der Waals surface area contributed by atoms with Crippen molar-refractivity contribution >= 4 is 43.2 Å². The molecule has 1 fully saturated rings. The zero-order valence-electron chi connectivity index (χ0n) is 12.7. The summed E-state index contributed by atoms with van der Waals surface area (Å²) in [7, 11) is -2.87. The number of fused-ring (bicyclic) bond motifs is 1. The molecule has 3 aromatic rings. The zero-order chi connectivity index (χ0) is 16.6. The minimum atomic E-state index is -2.87. The Kier molecular flexibility index (Phi) is 4.31. The number of thiazole rings is 1. The molecule has 4 rings (SSSR count). The molecule has 6 nitrogen and oxygen atoms in total. The topological polar surface area (TPSA) is 86.0 Å². The first-order chi connectivity index (χ1) is 11.6. The highest BCUT2D eigenvalue weighted by Crippen LogP contribution is 2.29. The molecule has 1 unspecified atom stereocenters. The van der Waals surface area contributed by atoms with Crippen LogP contribution in [0.2, 0.25) is 0 Å². The lowest BCUT2D eigenvalue weighted by atomic mass is 10.1. The summed E-state index contributed by atoms with van der Waals surface area (Å²) < 4.78 is 29.8. The van der Waals surface area contributed by atoms with Crippen LogP contribution in [0.4, 0.5) is 0 Å². The molecular formula is C15H15N3O3S3. The minimum absolute atomic E-state index is 0.0950. The lowest BCUT2D eigenvalue weighted by Gasteiger charge is -2.01. The lowest BCUT2D eigenvalue weighted by Crippen LogP contribution is -2.07. The Morgan fingerprint density at radius 3 is 2.96 bits per heavy atom. The van der Waals surface area contributed by atoms with Gasteiger partial charge in [0.05, 0.1) is 27.5 Å². The van der Waals surface area contributed by atoms with Crippen molar-refractivity contribution in [1.82, 2.24) is 15.2 Å². The second-order valence-corrected chi connectivity index (χ2v) is 10.1. The van der Waals surface area contributed by atoms with E-state index in [9.17, 15) is 8.42 Å². The van der Waals surface area contributed by atoms with Crippen molar-refractivity contribution in [1.29, 1.82) is 0 Å². The standard InChI is InChI=1S/C15H15N3O3S3/c19-24(20)6-5-10(9-24)7-13-17-18-15(21-13)22-8-14-16-11-3-1-2-4-12(11)23-14/h1-4,10H,5-9H2. The number of rotatable bonds is 5. The van der Waals surface area contributed by atoms with Crippen LogP contribution < -0.4 is 0 Å². The van der Waals surface area contributed by atoms with Crippen LogP contribution in [0, 0.1) is 5.92 Å². The smallest absolute Gasteiger partial charge is 0.276 e. The number of aromatic nitrogens is 3. The number of thioether (sulfide) groups is 1. The Hall–Kier alpha value is -1.45. The van der Waals surface area contributed by atoms with Gasteiger partial charge in [-0.2, -0.15) is 0 Å². The Balaban J connectivity index is 1.37. The van der Waals surface area contributed by atoms with Crippen LogP contribution in [0.1, 0.15) is 17.3 Å². The van der Waals surface area contributed by atoms with Crippen LogP contribution in [0.5, 0.6) is 0 Å². The van der Waals surface area contributed by atoms with Crippen molar-refractivity contribution in [2.75, 3.05) is 11.5 Å². The van der Waals surface area contributed by atoms with Crippen LogP contribution in [-0.4, -0.2) is 35.1 Å². The van der Waals surface area contributed by atoms with Crippen LogP contribution in [-0.2, 0) is 22.0 Å². The van der Waals surface area contributed by atoms with Gasteiger partial charge in [-0.3, -0.25) is 0 Å². The minimum Gasteiger partial charge on any atom is -0.416 e. The van der Waals surface area contributed by atoms with Crippen molar-refractivity contribution in [3.8, 4) is 0 Å². The first-order valence-electron chi connectivity index (χ1n) is 7.57. The predicted octanol–water partition coefficient (Wildman–Crippen LogP) is 2.95. The fourth-order valence-electron chi connectivity index (χ4n) is 2.76. The van der Waals surface area contributed by atoms with Gasteiger partial charge in [0, 0.05) is 6.42 Å². The van der Waals surface area contributed by atoms with Crippen molar-refractivity contribution < 1.29 is 12.8 Å². The molecule has 3 heterocycles. The molecule has 0 bridgehead atoms. The molecule has 0 N–H and O–H groups in total. The summed E-state index contributed by atoms with van der Waals surface area (Å²) >= 11 is 3.12. The molecule has 9 heteroatoms. The van der Waals surface area contributed by atoms with Gasteiger partial charge in [-0.1, -0.05) is 23.9 Å². The van der Waals surface area contributed by atoms with E-state index in [1.54, 1.807) is 11.3 Å². The maximum absolute atomic E-state index is 11.5. The van der Waals surface area contributed by atoms with Crippen LogP contribution in [0.3, 0.4) is 0 Å². The maximum Gasteiger partial charge on any atom is 0.276 e. The van der Waals surface area contributed by atoms with E-state index in [1.165, 1.54) is 16.5 Å². The fraction of sp³-hybridized carbons (Fsp3) is 0.400. The summed E-state index contributed by atoms with van der Waals surface area (Å²) in [5, 5.41) is 9.59. The summed E-state index contributed by atoms with van der Waals surface area (Å²) in [4.78, 5) is 4.57. The van der Waals surface area contributed by atoms with Gasteiger partial charge in [-0.15, -0.1) is 21.5 Å². The van der Waals surface area contributed by atoms with Gasteiger partial charge in [0.2, 0.25) is 5.89 Å². The average Bonchev–Trinajstić information content (AvgIpc) is 3.24. The summed E-state index contributed by atoms with van der Waals surface area (Å²) in [6.45, 7) is 0. The van der Waals surface area contributed by atoms with Gasteiger partial charge >= 0.3 is 0 Å². The molecule has 2 aromatic heterocycles. The summed E-state index contributed by atoms with van der Waals surface area (Å²) in [5.74, 6) is 1.79. The number of hydrogen-bond donors (Lipinski definition) is 0. The van der Waals surface area contributed by atoms with Gasteiger partial charge in [0.15, 0.2) is 9.84 Å². The summed E-state index contributed by atoms with van der Waals surface area (Å²) in [6, 6.07) is 8.04. The molecule has 0 amide bonds. The third-order valence-corrected chi connectivity index (χ3v) is 7.78. The molecule has 0 radical (unpaired) electrons. The van der Waals surface area contributed by atoms with Crippen molar-refractivity contribution in [3.05, 3.63) is 35.2 Å². The Morgan fingerprint density at radius 1 is 1.29 bits per heavy atom. The molecule has 24 heavy (non-hydrogen) atoms. The highest BCUT2D eigenvalue weighted by molar-refractivity contribution is 7.98. The molecule has 1 aromatic carbocycles. The molecule has 1 saturated heterocycles. The number of nitrogens with zero attached hydrogens (tertiary/aromatic N) is 3. The Morgan fingerprint density at radius 2 is 2.17 bits per heavy atom. The summed E-state index contributed by atoms with van der Waals surface area (Å²) in [6.07, 6.45) is 1.22. The quantitative estimate of drug-likeness (QED) is 0.628. The van der Waals surface area contributed by atoms with E-state index in [1.807, 2.05) is 18.2 Å². The zero-order valence-corrected chi connectivity index (χ0v) is 15.2. The summed E-state index contributed by atoms with van der Waals surface area (Å²) in [5.41, 5.74) is 1.01. The Bertz CT molecular complexity index is 931. The van der Waals surface area contributed by atoms with E-state index in [2.05, 4.69) is 21.2 Å². The molecule has 0 saturated carbocycles. The van der Waals surface area contributed by atoms with E-state index in [0.717, 1.165) is 10.5 Å². The van der Waals surface area contributed by atoms with E-state index in [0.29, 0.717) is 29.7 Å². The first kappa shape index (κ1) is 16.0. The monoisotopic (exact) mass is 381 g/mol. The molecule has 1 aliphatic rings. The molecule has 0 aliphatic carbocycles. The molecule has 0 spiro atoms. The lowest BCUT2D eigenvalue weighted by molar-refractivity contribution is 0.389. The van der Waals surface area contributed by atoms with Crippen LogP contribution in [0.15, 0.2) is 33.9 Å². The van der Waals surface area contributed by atoms with E-state index >= 15 is 0 Å². The normalized spacial score (nSPS) is 19.9. The highest BCUT2D eigenvalue weighted by Gasteiger charge is 2.29. The van der Waals surface area contributed by atoms with Crippen molar-refractivity contribution in [3.63, 3.8) is 0 Å². The molecule has 126 valence electrons. The Labute approximate surface area is 147 Å². The number of sulfone groups is 1. The van der Waals surface area contributed by atoms with Gasteiger partial charge in [-0.05, 0) is 24.5 Å². The third-order valence-electron chi connectivity index (χ3n) is 3.90. The van der Waals surface area contributed by atoms with E-state index < -0.39 is 9.84 Å². The average molecular weight is 382 g/mol. The molecule has 1 atom stereocenters. The largest absolute Gasteiger partial charge is 0.416 e. The van der Waals surface area contributed by atoms with Crippen molar-refractivity contribution in [2.24, 2.45) is 5.92 Å². The fourth-order valence-corrected chi connectivity index (χ4v) is 6.37. The number of benzene rings is 1. The van der Waals surface area contributed by atoms with Crippen LogP contribution >= 0.6 is 23.1 Å². The van der Waals surface area contributed by atoms with Gasteiger partial charge in [-0.25, -0.2) is 13.4 Å². The third kappa shape index (κ3) is 3.62. The maximum atomic E-state index is 11.5. The van der Waals surface area contributed by atoms with Gasteiger partial charge in [0.1, 0.15) is 5.01 Å². The SMILES string of the molecule is O=S1(=O)CCC(Cc2nnc(SCc3nc4ccccc4s3)o2)C1. The number of hydrogen-bond acceptors (Lipinski definition) is 8. The van der Waals surface area contributed by atoms with E-state index in [-0.39, 0.29) is 17.4 Å². The van der Waals surface area contributed by atoms with E-state index in [4.69, 9.17) is 4.42 Å². The van der Waals surface area contributed by atoms with Gasteiger partial charge < -0.3 is 4.42 Å². The first-order valence-corrected chi connectivity index (χ1v) is 11.2. The van der Waals surface area contributed by atoms with Gasteiger partial charge in [0.25, 0.3) is 5.22 Å². The second kappa shape index (κ2) is 6.45.